The third kappa shape index (κ3) is 5.96. The molecule has 0 saturated carbocycles. The van der Waals surface area contributed by atoms with Crippen LogP contribution in [0.15, 0.2) is 48.5 Å². The van der Waals surface area contributed by atoms with Gasteiger partial charge in [-0.15, -0.1) is 0 Å². The quantitative estimate of drug-likeness (QED) is 0.759. The Kier molecular flexibility index (Phi) is 7.25. The number of hydrogen-bond donors (Lipinski definition) is 1. The van der Waals surface area contributed by atoms with E-state index >= 15 is 0 Å². The van der Waals surface area contributed by atoms with Crippen molar-refractivity contribution in [2.75, 3.05) is 51.3 Å². The summed E-state index contributed by atoms with van der Waals surface area (Å²) in [7, 11) is 1.65. The first-order valence-corrected chi connectivity index (χ1v) is 9.76. The van der Waals surface area contributed by atoms with Gasteiger partial charge in [-0.3, -0.25) is 9.69 Å². The Balaban J connectivity index is 1.31. The van der Waals surface area contributed by atoms with E-state index < -0.39 is 0 Å². The van der Waals surface area contributed by atoms with E-state index in [2.05, 4.69) is 15.1 Å². The number of carbonyl (C=O) groups is 1. The van der Waals surface area contributed by atoms with Crippen LogP contribution >= 0.6 is 0 Å². The van der Waals surface area contributed by atoms with Crippen LogP contribution < -0.4 is 15.0 Å². The highest BCUT2D eigenvalue weighted by Gasteiger charge is 2.17. The fraction of sp³-hybridized carbons (Fsp3) is 0.409. The summed E-state index contributed by atoms with van der Waals surface area (Å²) < 4.78 is 18.2. The van der Waals surface area contributed by atoms with E-state index in [0.717, 1.165) is 50.6 Å². The van der Waals surface area contributed by atoms with Gasteiger partial charge in [0.25, 0.3) is 0 Å². The molecule has 1 saturated heterocycles. The maximum Gasteiger partial charge on any atom is 0.221 e. The van der Waals surface area contributed by atoms with E-state index in [-0.39, 0.29) is 11.7 Å². The van der Waals surface area contributed by atoms with Crippen molar-refractivity contribution in [1.82, 2.24) is 10.2 Å². The summed E-state index contributed by atoms with van der Waals surface area (Å²) in [6, 6.07) is 14.5. The van der Waals surface area contributed by atoms with Gasteiger partial charge in [-0.2, -0.15) is 0 Å². The molecule has 3 rings (SSSR count). The average molecular weight is 385 g/mol. The van der Waals surface area contributed by atoms with Crippen LogP contribution in [-0.2, 0) is 11.2 Å². The fourth-order valence-corrected chi connectivity index (χ4v) is 3.37. The molecule has 150 valence electrons. The summed E-state index contributed by atoms with van der Waals surface area (Å²) in [6.07, 6.45) is 1.32. The number of anilines is 1. The molecule has 0 unspecified atom stereocenters. The lowest BCUT2D eigenvalue weighted by molar-refractivity contribution is -0.121. The SMILES string of the molecule is COc1ccc(CCNC(=O)CCN2CCN(c3ccc(F)cc3)CC2)cc1. The number of rotatable bonds is 8. The number of carbonyl (C=O) groups excluding carboxylic acids is 1. The van der Waals surface area contributed by atoms with Gasteiger partial charge in [0.05, 0.1) is 7.11 Å². The van der Waals surface area contributed by atoms with E-state index in [1.54, 1.807) is 7.11 Å². The predicted molar refractivity (Wildman–Crippen MR) is 109 cm³/mol. The number of nitrogens with zero attached hydrogens (tertiary/aromatic N) is 2. The maximum atomic E-state index is 13.0. The van der Waals surface area contributed by atoms with Crippen molar-refractivity contribution in [2.45, 2.75) is 12.8 Å². The Hall–Kier alpha value is -2.60. The number of nitrogens with one attached hydrogen (secondary N) is 1. The van der Waals surface area contributed by atoms with Gasteiger partial charge in [-0.1, -0.05) is 12.1 Å². The number of ether oxygens (including phenoxy) is 1. The number of methoxy groups -OCH3 is 1. The van der Waals surface area contributed by atoms with Gasteiger partial charge >= 0.3 is 0 Å². The van der Waals surface area contributed by atoms with Gasteiger partial charge in [-0.25, -0.2) is 4.39 Å². The van der Waals surface area contributed by atoms with Crippen LogP contribution in [0.25, 0.3) is 0 Å². The molecule has 0 spiro atoms. The Bertz CT molecular complexity index is 741. The van der Waals surface area contributed by atoms with E-state index in [0.29, 0.717) is 13.0 Å². The number of hydrogen-bond acceptors (Lipinski definition) is 4. The zero-order valence-electron chi connectivity index (χ0n) is 16.4. The summed E-state index contributed by atoms with van der Waals surface area (Å²) in [5.41, 5.74) is 2.23. The molecule has 0 aromatic heterocycles. The number of benzene rings is 2. The van der Waals surface area contributed by atoms with E-state index in [1.165, 1.54) is 17.7 Å². The molecule has 1 aliphatic rings. The highest BCUT2D eigenvalue weighted by atomic mass is 19.1. The molecule has 28 heavy (non-hydrogen) atoms. The molecule has 1 fully saturated rings. The van der Waals surface area contributed by atoms with Crippen molar-refractivity contribution >= 4 is 11.6 Å². The van der Waals surface area contributed by atoms with Crippen LogP contribution in [0.3, 0.4) is 0 Å². The standard InChI is InChI=1S/C22H28FN3O2/c1-28-21-8-2-18(3-9-21)10-12-24-22(27)11-13-25-14-16-26(17-15-25)20-6-4-19(23)5-7-20/h2-9H,10-17H2,1H3,(H,24,27). The average Bonchev–Trinajstić information content (AvgIpc) is 2.74. The molecule has 0 radical (unpaired) electrons. The van der Waals surface area contributed by atoms with Crippen LogP contribution in [-0.4, -0.2) is 57.2 Å². The van der Waals surface area contributed by atoms with Gasteiger partial charge in [0.2, 0.25) is 5.91 Å². The van der Waals surface area contributed by atoms with Crippen molar-refractivity contribution in [3.63, 3.8) is 0 Å². The molecule has 0 bridgehead atoms. The molecule has 2 aromatic carbocycles. The molecule has 1 heterocycles. The van der Waals surface area contributed by atoms with Gasteiger partial charge in [0.15, 0.2) is 0 Å². The minimum absolute atomic E-state index is 0.0921. The molecule has 1 N–H and O–H groups in total. The van der Waals surface area contributed by atoms with Crippen molar-refractivity contribution in [1.29, 1.82) is 0 Å². The lowest BCUT2D eigenvalue weighted by atomic mass is 10.1. The first-order valence-electron chi connectivity index (χ1n) is 9.76. The summed E-state index contributed by atoms with van der Waals surface area (Å²) in [5, 5.41) is 3.00. The smallest absolute Gasteiger partial charge is 0.221 e. The largest absolute Gasteiger partial charge is 0.497 e. The van der Waals surface area contributed by atoms with Crippen LogP contribution in [0.4, 0.5) is 10.1 Å². The summed E-state index contributed by atoms with van der Waals surface area (Å²) in [5.74, 6) is 0.724. The molecular formula is C22H28FN3O2. The van der Waals surface area contributed by atoms with Crippen molar-refractivity contribution in [2.24, 2.45) is 0 Å². The number of piperazine rings is 1. The van der Waals surface area contributed by atoms with Crippen molar-refractivity contribution < 1.29 is 13.9 Å². The fourth-order valence-electron chi connectivity index (χ4n) is 3.37. The van der Waals surface area contributed by atoms with E-state index in [9.17, 15) is 9.18 Å². The highest BCUT2D eigenvalue weighted by Crippen LogP contribution is 2.17. The molecule has 1 amide bonds. The first-order chi connectivity index (χ1) is 13.6. The van der Waals surface area contributed by atoms with Crippen LogP contribution in [0.1, 0.15) is 12.0 Å². The third-order valence-corrected chi connectivity index (χ3v) is 5.11. The van der Waals surface area contributed by atoms with Crippen LogP contribution in [0.2, 0.25) is 0 Å². The zero-order chi connectivity index (χ0) is 19.8. The molecule has 0 atom stereocenters. The second kappa shape index (κ2) is 10.1. The highest BCUT2D eigenvalue weighted by molar-refractivity contribution is 5.76. The number of halogens is 1. The molecule has 6 heteroatoms. The Morgan fingerprint density at radius 2 is 1.71 bits per heavy atom. The second-order valence-electron chi connectivity index (χ2n) is 7.00. The minimum Gasteiger partial charge on any atom is -0.497 e. The van der Waals surface area contributed by atoms with Gasteiger partial charge in [0.1, 0.15) is 11.6 Å². The monoisotopic (exact) mass is 385 g/mol. The molecule has 0 aliphatic carbocycles. The van der Waals surface area contributed by atoms with Gasteiger partial charge in [-0.05, 0) is 48.4 Å². The lowest BCUT2D eigenvalue weighted by Gasteiger charge is -2.36. The second-order valence-corrected chi connectivity index (χ2v) is 7.00. The third-order valence-electron chi connectivity index (χ3n) is 5.11. The van der Waals surface area contributed by atoms with Crippen molar-refractivity contribution in [3.05, 3.63) is 59.9 Å². The van der Waals surface area contributed by atoms with Crippen molar-refractivity contribution in [3.8, 4) is 5.75 Å². The maximum absolute atomic E-state index is 13.0. The Morgan fingerprint density at radius 1 is 1.04 bits per heavy atom. The van der Waals surface area contributed by atoms with Gasteiger partial charge < -0.3 is 15.0 Å². The molecule has 2 aromatic rings. The summed E-state index contributed by atoms with van der Waals surface area (Å²) in [4.78, 5) is 16.7. The topological polar surface area (TPSA) is 44.8 Å². The Labute approximate surface area is 166 Å². The normalized spacial score (nSPS) is 14.7. The Morgan fingerprint density at radius 3 is 2.36 bits per heavy atom. The van der Waals surface area contributed by atoms with Crippen LogP contribution in [0.5, 0.6) is 5.75 Å². The zero-order valence-corrected chi connectivity index (χ0v) is 16.4. The van der Waals surface area contributed by atoms with E-state index in [1.807, 2.05) is 36.4 Å². The first kappa shape index (κ1) is 20.1. The summed E-state index contributed by atoms with van der Waals surface area (Å²) >= 11 is 0. The minimum atomic E-state index is -0.208. The van der Waals surface area contributed by atoms with E-state index in [4.69, 9.17) is 4.74 Å². The van der Waals surface area contributed by atoms with Gasteiger partial charge in [0, 0.05) is 51.4 Å². The molecular weight excluding hydrogens is 357 g/mol. The molecule has 5 nitrogen and oxygen atoms in total. The predicted octanol–water partition coefficient (Wildman–Crippen LogP) is 2.71. The summed E-state index contributed by atoms with van der Waals surface area (Å²) in [6.45, 7) is 5.03. The van der Waals surface area contributed by atoms with Crippen LogP contribution in [0, 0.1) is 5.82 Å². The number of amides is 1. The molecule has 1 aliphatic heterocycles. The lowest BCUT2D eigenvalue weighted by Crippen LogP contribution is -2.47.